The van der Waals surface area contributed by atoms with Crippen LogP contribution in [0, 0.1) is 44.4 Å². The van der Waals surface area contributed by atoms with Crippen molar-refractivity contribution in [2.75, 3.05) is 16.5 Å². The zero-order valence-electron chi connectivity index (χ0n) is 51.2. The molecular formula is C85H70N4O. The third-order valence-electron chi connectivity index (χ3n) is 21.1. The number of anilines is 4. The van der Waals surface area contributed by atoms with Gasteiger partial charge in [-0.2, -0.15) is 0 Å². The van der Waals surface area contributed by atoms with Crippen LogP contribution in [0.2, 0.25) is 0 Å². The first-order valence-electron chi connectivity index (χ1n) is 32.4. The number of pyridine rings is 1. The Hall–Kier alpha value is -10.2. The van der Waals surface area contributed by atoms with E-state index in [1.807, 2.05) is 0 Å². The molecule has 13 aromatic rings. The molecule has 4 aliphatic carbocycles. The van der Waals surface area contributed by atoms with Crippen molar-refractivity contribution in [2.24, 2.45) is 23.7 Å². The smallest absolute Gasteiger partial charge is 0.137 e. The molecule has 0 atom stereocenters. The molecular weight excluding hydrogens is 1090 g/mol. The predicted molar refractivity (Wildman–Crippen MR) is 373 cm³/mol. The van der Waals surface area contributed by atoms with E-state index in [1.54, 1.807) is 0 Å². The first kappa shape index (κ1) is 54.0. The van der Waals surface area contributed by atoms with E-state index in [2.05, 4.69) is 308 Å². The Morgan fingerprint density at radius 2 is 0.922 bits per heavy atom. The van der Waals surface area contributed by atoms with E-state index in [1.165, 1.54) is 87.6 Å². The van der Waals surface area contributed by atoms with Crippen LogP contribution in [0.4, 0.5) is 22.7 Å². The molecule has 3 heterocycles. The van der Waals surface area contributed by atoms with Crippen LogP contribution in [0.25, 0.3) is 83.3 Å². The standard InChI is InChI=1S/C85H70N4O/c1-55-42-66(43-56(2)57(55)3)85(67-45-58-44-59(47-67)48-68(85)46-58)65-40-41-86-82(51-65)89-78-35-17-16-30-76(78)77-39-38-70(53-81(77)89)90-71-50-64(83-72(60-22-8-4-9-23-60)31-20-32-73(83)61-24-10-5-11-25-61)49-69(52-71)87-54-88(80-37-19-18-36-79(80)87)84-74(62-26-12-6-13-27-62)33-21-34-75(84)63-28-14-7-15-29-63/h4-43,49-53,58-59,67-68H,44-48,54H2,1-3H3. The van der Waals surface area contributed by atoms with Crippen molar-refractivity contribution in [3.63, 3.8) is 0 Å². The van der Waals surface area contributed by atoms with Crippen LogP contribution in [-0.4, -0.2) is 16.2 Å². The largest absolute Gasteiger partial charge is 0.457 e. The molecule has 18 rings (SSSR count). The summed E-state index contributed by atoms with van der Waals surface area (Å²) in [6, 6.07) is 98.1. The number of ether oxygens (including phenoxy) is 1. The summed E-state index contributed by atoms with van der Waals surface area (Å²) >= 11 is 0. The number of aryl methyl sites for hydroxylation is 2. The van der Waals surface area contributed by atoms with Crippen molar-refractivity contribution in [1.29, 1.82) is 0 Å². The molecule has 2 aromatic heterocycles. The minimum Gasteiger partial charge on any atom is -0.457 e. The lowest BCUT2D eigenvalue weighted by molar-refractivity contribution is -0.0419. The van der Waals surface area contributed by atoms with Gasteiger partial charge >= 0.3 is 0 Å². The van der Waals surface area contributed by atoms with Gasteiger partial charge in [-0.1, -0.05) is 200 Å². The Labute approximate surface area is 528 Å². The van der Waals surface area contributed by atoms with E-state index in [9.17, 15) is 0 Å². The molecule has 90 heavy (non-hydrogen) atoms. The van der Waals surface area contributed by atoms with Gasteiger partial charge in [-0.15, -0.1) is 0 Å². The zero-order chi connectivity index (χ0) is 60.0. The van der Waals surface area contributed by atoms with Crippen molar-refractivity contribution < 1.29 is 4.74 Å². The Balaban J connectivity index is 0.840. The number of hydrogen-bond acceptors (Lipinski definition) is 4. The molecule has 0 N–H and O–H groups in total. The highest BCUT2D eigenvalue weighted by Crippen LogP contribution is 2.66. The maximum Gasteiger partial charge on any atom is 0.137 e. The number of benzene rings is 11. The summed E-state index contributed by atoms with van der Waals surface area (Å²) in [5, 5.41) is 2.36. The maximum atomic E-state index is 7.50. The lowest BCUT2D eigenvalue weighted by Crippen LogP contribution is -2.56. The van der Waals surface area contributed by atoms with Gasteiger partial charge in [-0.3, -0.25) is 4.57 Å². The molecule has 11 aromatic carbocycles. The maximum absolute atomic E-state index is 7.50. The molecule has 0 spiro atoms. The molecule has 5 heteroatoms. The summed E-state index contributed by atoms with van der Waals surface area (Å²) < 4.78 is 9.91. The van der Waals surface area contributed by atoms with Crippen LogP contribution in [-0.2, 0) is 5.41 Å². The predicted octanol–water partition coefficient (Wildman–Crippen LogP) is 22.2. The van der Waals surface area contributed by atoms with Gasteiger partial charge < -0.3 is 14.5 Å². The summed E-state index contributed by atoms with van der Waals surface area (Å²) in [5.41, 5.74) is 25.1. The minimum absolute atomic E-state index is 0.0774. The van der Waals surface area contributed by atoms with Crippen LogP contribution in [0.5, 0.6) is 11.5 Å². The number of aromatic nitrogens is 2. The topological polar surface area (TPSA) is 33.5 Å². The SMILES string of the molecule is Cc1cc(C2(c3ccnc(-n4c5ccccc5c5ccc(Oc6cc(-c7c(-c8ccccc8)cccc7-c7ccccc7)cc(N7CN(c8c(-c9ccccc9)cccc8-c8ccccc8)c8ccccc87)c6)cc54)c3)C3CC4CC(C3)CC2C4)cc(C)c1C. The van der Waals surface area contributed by atoms with Gasteiger partial charge in [0.15, 0.2) is 0 Å². The number of fused-ring (bicyclic) bond motifs is 4. The fourth-order valence-electron chi connectivity index (χ4n) is 17.2. The van der Waals surface area contributed by atoms with Gasteiger partial charge in [0.05, 0.1) is 28.1 Å². The number of hydrogen-bond donors (Lipinski definition) is 0. The van der Waals surface area contributed by atoms with E-state index in [0.717, 1.165) is 102 Å². The molecule has 5 nitrogen and oxygen atoms in total. The van der Waals surface area contributed by atoms with Gasteiger partial charge in [0.25, 0.3) is 0 Å². The summed E-state index contributed by atoms with van der Waals surface area (Å²) in [5.74, 6) is 5.31. The van der Waals surface area contributed by atoms with Crippen LogP contribution in [0.15, 0.2) is 273 Å². The highest BCUT2D eigenvalue weighted by atomic mass is 16.5. The fourth-order valence-corrected chi connectivity index (χ4v) is 17.2. The highest BCUT2D eigenvalue weighted by Gasteiger charge is 2.59. The summed E-state index contributed by atoms with van der Waals surface area (Å²) in [6.45, 7) is 7.49. The van der Waals surface area contributed by atoms with Gasteiger partial charge in [0.2, 0.25) is 0 Å². The van der Waals surface area contributed by atoms with Gasteiger partial charge in [-0.25, -0.2) is 4.98 Å². The molecule has 4 fully saturated rings. The number of nitrogens with zero attached hydrogens (tertiary/aromatic N) is 4. The molecule has 0 saturated heterocycles. The fraction of sp³-hybridized carbons (Fsp3) is 0.165. The van der Waals surface area contributed by atoms with Crippen molar-refractivity contribution in [3.05, 3.63) is 301 Å². The van der Waals surface area contributed by atoms with E-state index in [4.69, 9.17) is 9.72 Å². The second-order valence-electron chi connectivity index (χ2n) is 26.0. The molecule has 1 aliphatic heterocycles. The number of rotatable bonds is 12. The van der Waals surface area contributed by atoms with Crippen molar-refractivity contribution in [3.8, 4) is 73.0 Å². The van der Waals surface area contributed by atoms with Crippen molar-refractivity contribution in [2.45, 2.75) is 58.3 Å². The Bertz CT molecular complexity index is 4730. The quantitative estimate of drug-likeness (QED) is 0.122. The van der Waals surface area contributed by atoms with Gasteiger partial charge in [0.1, 0.15) is 24.0 Å². The first-order valence-corrected chi connectivity index (χ1v) is 32.4. The summed E-state index contributed by atoms with van der Waals surface area (Å²) in [4.78, 5) is 10.3. The second kappa shape index (κ2) is 21.8. The summed E-state index contributed by atoms with van der Waals surface area (Å²) in [6.07, 6.45) is 8.75. The lowest BCUT2D eigenvalue weighted by Gasteiger charge is -2.62. The Morgan fingerprint density at radius 1 is 0.400 bits per heavy atom. The monoisotopic (exact) mass is 1160 g/mol. The zero-order valence-corrected chi connectivity index (χ0v) is 51.2. The van der Waals surface area contributed by atoms with Crippen LogP contribution in [0.3, 0.4) is 0 Å². The third-order valence-corrected chi connectivity index (χ3v) is 21.1. The molecule has 4 saturated carbocycles. The van der Waals surface area contributed by atoms with E-state index in [-0.39, 0.29) is 5.41 Å². The molecule has 0 unspecified atom stereocenters. The normalized spacial score (nSPS) is 19.0. The molecule has 4 bridgehead atoms. The van der Waals surface area contributed by atoms with Crippen LogP contribution in [0.1, 0.15) is 59.9 Å². The molecule has 436 valence electrons. The average Bonchev–Trinajstić information content (AvgIpc) is 0.888. The molecule has 5 aliphatic rings. The van der Waals surface area contributed by atoms with Gasteiger partial charge in [-0.05, 0) is 203 Å². The Morgan fingerprint density at radius 3 is 1.52 bits per heavy atom. The van der Waals surface area contributed by atoms with E-state index >= 15 is 0 Å². The summed E-state index contributed by atoms with van der Waals surface area (Å²) in [7, 11) is 0. The number of para-hydroxylation sites is 4. The second-order valence-corrected chi connectivity index (χ2v) is 26.0. The lowest BCUT2D eigenvalue weighted by atomic mass is 9.42. The highest BCUT2D eigenvalue weighted by molar-refractivity contribution is 6.09. The van der Waals surface area contributed by atoms with Crippen LogP contribution < -0.4 is 14.5 Å². The molecule has 0 amide bonds. The van der Waals surface area contributed by atoms with E-state index in [0.29, 0.717) is 18.5 Å². The first-order chi connectivity index (χ1) is 44.3. The third kappa shape index (κ3) is 8.91. The van der Waals surface area contributed by atoms with Crippen LogP contribution >= 0.6 is 0 Å². The molecule has 0 radical (unpaired) electrons. The van der Waals surface area contributed by atoms with Crippen molar-refractivity contribution in [1.82, 2.24) is 9.55 Å². The Kier molecular flexibility index (Phi) is 13.1. The average molecular weight is 1160 g/mol. The van der Waals surface area contributed by atoms with Crippen molar-refractivity contribution >= 4 is 44.6 Å². The van der Waals surface area contributed by atoms with Gasteiger partial charge in [0, 0.05) is 51.3 Å². The minimum atomic E-state index is -0.0774. The van der Waals surface area contributed by atoms with E-state index < -0.39 is 0 Å².